The Kier molecular flexibility index (Phi) is 9.66. The van der Waals surface area contributed by atoms with Gasteiger partial charge in [0.15, 0.2) is 0 Å². The Bertz CT molecular complexity index is 2060. The van der Waals surface area contributed by atoms with E-state index in [0.717, 1.165) is 15.4 Å². The van der Waals surface area contributed by atoms with Crippen molar-refractivity contribution in [1.29, 1.82) is 0 Å². The summed E-state index contributed by atoms with van der Waals surface area (Å²) in [5.74, 6) is 0.471. The molecule has 5 aromatic carbocycles. The van der Waals surface area contributed by atoms with Crippen LogP contribution in [0.1, 0.15) is 11.1 Å². The molecule has 46 heavy (non-hydrogen) atoms. The van der Waals surface area contributed by atoms with Gasteiger partial charge in [-0.25, -0.2) is 16.8 Å². The summed E-state index contributed by atoms with van der Waals surface area (Å²) in [6.45, 7) is 3.10. The molecule has 12 heteroatoms. The minimum atomic E-state index is -4.16. The largest absolute Gasteiger partial charge is 0.457 e. The lowest BCUT2D eigenvalue weighted by molar-refractivity contribution is -0.114. The third kappa shape index (κ3) is 7.86. The lowest BCUT2D eigenvalue weighted by Crippen LogP contribution is -2.38. The number of amides is 1. The summed E-state index contributed by atoms with van der Waals surface area (Å²) in [6, 6.07) is 32.2. The highest BCUT2D eigenvalue weighted by Crippen LogP contribution is 2.29. The molecule has 9 nitrogen and oxygen atoms in total. The maximum Gasteiger partial charge on any atom is 0.264 e. The van der Waals surface area contributed by atoms with E-state index in [0.29, 0.717) is 22.2 Å². The van der Waals surface area contributed by atoms with Crippen molar-refractivity contribution in [2.24, 2.45) is 0 Å². The van der Waals surface area contributed by atoms with Gasteiger partial charge in [-0.05, 0) is 104 Å². The summed E-state index contributed by atoms with van der Waals surface area (Å²) in [6.07, 6.45) is 0. The Morgan fingerprint density at radius 2 is 1.30 bits per heavy atom. The van der Waals surface area contributed by atoms with Gasteiger partial charge in [0.05, 0.1) is 21.2 Å². The second-order valence-corrected chi connectivity index (χ2v) is 14.3. The predicted octanol–water partition coefficient (Wildman–Crippen LogP) is 7.38. The summed E-state index contributed by atoms with van der Waals surface area (Å²) in [7, 11) is -8.10. The van der Waals surface area contributed by atoms with Gasteiger partial charge in [0.2, 0.25) is 5.91 Å². The Labute approximate surface area is 273 Å². The Balaban J connectivity index is 1.34. The monoisotopic (exact) mass is 675 g/mol. The topological polar surface area (TPSA) is 122 Å². The zero-order valence-corrected chi connectivity index (χ0v) is 27.2. The fourth-order valence-electron chi connectivity index (χ4n) is 4.38. The Hall–Kier alpha value is -4.84. The number of anilines is 3. The molecule has 0 aliphatic heterocycles. The van der Waals surface area contributed by atoms with Crippen molar-refractivity contribution in [2.45, 2.75) is 23.6 Å². The predicted molar refractivity (Wildman–Crippen MR) is 181 cm³/mol. The van der Waals surface area contributed by atoms with Gasteiger partial charge in [-0.2, -0.15) is 0 Å². The van der Waals surface area contributed by atoms with Crippen molar-refractivity contribution in [3.8, 4) is 11.5 Å². The SMILES string of the molecule is Cc1ccc(S(=O)(=O)N(CC(=O)Nc2ccc(S(=O)(=O)Nc3ccc(C)c(Cl)c3)cc2)c2ccc(Oc3ccccc3)cc2)cc1. The van der Waals surface area contributed by atoms with Crippen molar-refractivity contribution < 1.29 is 26.4 Å². The number of sulfonamides is 2. The average molecular weight is 676 g/mol. The first-order chi connectivity index (χ1) is 21.9. The van der Waals surface area contributed by atoms with Gasteiger partial charge in [-0.1, -0.05) is 53.6 Å². The van der Waals surface area contributed by atoms with Gasteiger partial charge < -0.3 is 10.1 Å². The van der Waals surface area contributed by atoms with Crippen LogP contribution in [0.25, 0.3) is 0 Å². The zero-order valence-electron chi connectivity index (χ0n) is 24.8. The highest BCUT2D eigenvalue weighted by molar-refractivity contribution is 7.93. The van der Waals surface area contributed by atoms with E-state index in [4.69, 9.17) is 16.3 Å². The second kappa shape index (κ2) is 13.7. The fraction of sp³-hybridized carbons (Fsp3) is 0.0882. The molecule has 0 atom stereocenters. The number of ether oxygens (including phenoxy) is 1. The van der Waals surface area contributed by atoms with Crippen molar-refractivity contribution in [2.75, 3.05) is 20.9 Å². The van der Waals surface area contributed by atoms with Crippen LogP contribution < -0.4 is 19.1 Å². The third-order valence-electron chi connectivity index (χ3n) is 6.87. The second-order valence-electron chi connectivity index (χ2n) is 10.4. The van der Waals surface area contributed by atoms with Crippen LogP contribution in [-0.2, 0) is 24.8 Å². The molecule has 0 saturated carbocycles. The summed E-state index contributed by atoms with van der Waals surface area (Å²) in [4.78, 5) is 13.2. The molecule has 0 spiro atoms. The molecule has 5 aromatic rings. The first-order valence-electron chi connectivity index (χ1n) is 14.0. The average Bonchev–Trinajstić information content (AvgIpc) is 3.03. The maximum absolute atomic E-state index is 13.8. The van der Waals surface area contributed by atoms with E-state index in [-0.39, 0.29) is 21.2 Å². The number of rotatable bonds is 11. The van der Waals surface area contributed by atoms with Crippen LogP contribution in [0, 0.1) is 13.8 Å². The molecule has 0 aliphatic carbocycles. The summed E-state index contributed by atoms with van der Waals surface area (Å²) < 4.78 is 62.7. The van der Waals surface area contributed by atoms with Gasteiger partial charge in [-0.15, -0.1) is 0 Å². The van der Waals surface area contributed by atoms with Crippen LogP contribution in [0.2, 0.25) is 5.02 Å². The number of nitrogens with zero attached hydrogens (tertiary/aromatic N) is 1. The minimum Gasteiger partial charge on any atom is -0.457 e. The normalized spacial score (nSPS) is 11.5. The first-order valence-corrected chi connectivity index (χ1v) is 17.3. The summed E-state index contributed by atoms with van der Waals surface area (Å²) in [5, 5.41) is 3.08. The molecule has 5 rings (SSSR count). The van der Waals surface area contributed by atoms with Crippen LogP contribution in [0.15, 0.2) is 131 Å². The van der Waals surface area contributed by atoms with E-state index >= 15 is 0 Å². The standard InChI is InChI=1S/C34H30ClN3O6S2/c1-24-8-18-32(19-9-24)46(42,43)38(28-14-16-30(17-15-28)44-29-6-4-3-5-7-29)23-34(39)36-26-12-20-31(21-13-26)45(40,41)37-27-11-10-25(2)33(35)22-27/h3-22,37H,23H2,1-2H3,(H,36,39). The van der Waals surface area contributed by atoms with Gasteiger partial charge in [0.25, 0.3) is 20.0 Å². The smallest absolute Gasteiger partial charge is 0.264 e. The fourth-order valence-corrected chi connectivity index (χ4v) is 7.03. The number of aryl methyl sites for hydroxylation is 2. The van der Waals surface area contributed by atoms with E-state index in [1.807, 2.05) is 32.0 Å². The Morgan fingerprint density at radius 1 is 0.717 bits per heavy atom. The van der Waals surface area contributed by atoms with E-state index in [2.05, 4.69) is 10.0 Å². The molecule has 0 unspecified atom stereocenters. The van der Waals surface area contributed by atoms with Crippen molar-refractivity contribution >= 4 is 54.6 Å². The van der Waals surface area contributed by atoms with Gasteiger partial charge >= 0.3 is 0 Å². The van der Waals surface area contributed by atoms with Gasteiger partial charge in [-0.3, -0.25) is 13.8 Å². The van der Waals surface area contributed by atoms with E-state index in [9.17, 15) is 21.6 Å². The van der Waals surface area contributed by atoms with Crippen molar-refractivity contribution in [1.82, 2.24) is 0 Å². The van der Waals surface area contributed by atoms with E-state index < -0.39 is 32.5 Å². The van der Waals surface area contributed by atoms with Crippen LogP contribution in [0.5, 0.6) is 11.5 Å². The Morgan fingerprint density at radius 3 is 1.93 bits per heavy atom. The molecule has 0 aliphatic rings. The molecule has 0 bridgehead atoms. The number of carbonyl (C=O) groups excluding carboxylic acids is 1. The molecule has 0 radical (unpaired) electrons. The zero-order chi connectivity index (χ0) is 32.9. The minimum absolute atomic E-state index is 0.0208. The molecule has 0 heterocycles. The lowest BCUT2D eigenvalue weighted by atomic mass is 10.2. The number of halogens is 1. The molecule has 0 aromatic heterocycles. The maximum atomic E-state index is 13.8. The number of benzene rings is 5. The number of nitrogens with one attached hydrogen (secondary N) is 2. The van der Waals surface area contributed by atoms with E-state index in [1.165, 1.54) is 42.5 Å². The van der Waals surface area contributed by atoms with Crippen molar-refractivity contribution in [3.63, 3.8) is 0 Å². The quantitative estimate of drug-likeness (QED) is 0.151. The van der Waals surface area contributed by atoms with Crippen LogP contribution in [0.3, 0.4) is 0 Å². The highest BCUT2D eigenvalue weighted by Gasteiger charge is 2.27. The van der Waals surface area contributed by atoms with E-state index in [1.54, 1.807) is 60.7 Å². The molecule has 2 N–H and O–H groups in total. The molecule has 0 fully saturated rings. The van der Waals surface area contributed by atoms with Crippen LogP contribution in [-0.4, -0.2) is 29.3 Å². The van der Waals surface area contributed by atoms with Crippen LogP contribution >= 0.6 is 11.6 Å². The first kappa shape index (κ1) is 32.6. The summed E-state index contributed by atoms with van der Waals surface area (Å²) in [5.41, 5.74) is 2.53. The molecular formula is C34H30ClN3O6S2. The summed E-state index contributed by atoms with van der Waals surface area (Å²) >= 11 is 6.12. The molecule has 236 valence electrons. The molecular weight excluding hydrogens is 646 g/mol. The highest BCUT2D eigenvalue weighted by atomic mass is 35.5. The number of hydrogen-bond donors (Lipinski definition) is 2. The van der Waals surface area contributed by atoms with Gasteiger partial charge in [0, 0.05) is 10.7 Å². The van der Waals surface area contributed by atoms with Crippen molar-refractivity contribution in [3.05, 3.63) is 137 Å². The number of para-hydroxylation sites is 1. The molecule has 1 amide bonds. The number of hydrogen-bond acceptors (Lipinski definition) is 6. The third-order valence-corrected chi connectivity index (χ3v) is 10.5. The lowest BCUT2D eigenvalue weighted by Gasteiger charge is -2.24. The number of carbonyl (C=O) groups is 1. The van der Waals surface area contributed by atoms with Gasteiger partial charge in [0.1, 0.15) is 18.0 Å². The van der Waals surface area contributed by atoms with Crippen LogP contribution in [0.4, 0.5) is 17.1 Å². The molecule has 0 saturated heterocycles.